The molecule has 0 heterocycles. The van der Waals surface area contributed by atoms with Gasteiger partial charge in [-0.05, 0) is 12.3 Å². The summed E-state index contributed by atoms with van der Waals surface area (Å²) in [7, 11) is 0. The standard InChI is InChI=1S/C8H13ClO3/c1-5(10)8(9,6(11)12)7(2,3)4/h1-4H3,(H,11,12). The first-order chi connectivity index (χ1) is 5.14. The lowest BCUT2D eigenvalue weighted by atomic mass is 9.77. The van der Waals surface area contributed by atoms with Crippen LogP contribution in [0.3, 0.4) is 0 Å². The average Bonchev–Trinajstić information content (AvgIpc) is 1.82. The fraction of sp³-hybridized carbons (Fsp3) is 0.750. The third kappa shape index (κ3) is 1.61. The zero-order valence-corrected chi connectivity index (χ0v) is 8.40. The van der Waals surface area contributed by atoms with Crippen LogP contribution in [0.15, 0.2) is 0 Å². The van der Waals surface area contributed by atoms with E-state index in [1.807, 2.05) is 0 Å². The maximum atomic E-state index is 11.0. The first-order valence-corrected chi connectivity index (χ1v) is 3.95. The van der Waals surface area contributed by atoms with E-state index in [2.05, 4.69) is 0 Å². The molecule has 1 N–H and O–H groups in total. The van der Waals surface area contributed by atoms with Gasteiger partial charge in [0.1, 0.15) is 0 Å². The van der Waals surface area contributed by atoms with Crippen LogP contribution in [-0.2, 0) is 9.59 Å². The van der Waals surface area contributed by atoms with Gasteiger partial charge in [0, 0.05) is 0 Å². The number of alkyl halides is 1. The minimum Gasteiger partial charge on any atom is -0.480 e. The summed E-state index contributed by atoms with van der Waals surface area (Å²) < 4.78 is 0. The minimum atomic E-state index is -1.81. The molecule has 3 nitrogen and oxygen atoms in total. The number of ketones is 1. The topological polar surface area (TPSA) is 54.4 Å². The Morgan fingerprint density at radius 3 is 1.58 bits per heavy atom. The number of hydrogen-bond donors (Lipinski definition) is 1. The molecule has 0 aromatic heterocycles. The smallest absolute Gasteiger partial charge is 0.333 e. The van der Waals surface area contributed by atoms with E-state index in [1.54, 1.807) is 20.8 Å². The predicted octanol–water partition coefficient (Wildman–Crippen LogP) is 1.68. The van der Waals surface area contributed by atoms with Crippen LogP contribution >= 0.6 is 11.6 Å². The summed E-state index contributed by atoms with van der Waals surface area (Å²) in [5.41, 5.74) is -0.785. The number of halogens is 1. The first kappa shape index (κ1) is 11.4. The van der Waals surface area contributed by atoms with Crippen molar-refractivity contribution in [2.45, 2.75) is 32.6 Å². The molecule has 0 saturated heterocycles. The normalized spacial score (nSPS) is 16.8. The van der Waals surface area contributed by atoms with Crippen molar-refractivity contribution < 1.29 is 14.7 Å². The van der Waals surface area contributed by atoms with E-state index in [1.165, 1.54) is 6.92 Å². The number of carbonyl (C=O) groups excluding carboxylic acids is 1. The first-order valence-electron chi connectivity index (χ1n) is 3.57. The fourth-order valence-electron chi connectivity index (χ4n) is 0.999. The molecule has 0 aromatic rings. The van der Waals surface area contributed by atoms with Crippen molar-refractivity contribution in [2.75, 3.05) is 0 Å². The molecule has 0 aromatic carbocycles. The molecule has 0 rings (SSSR count). The van der Waals surface area contributed by atoms with E-state index in [4.69, 9.17) is 16.7 Å². The van der Waals surface area contributed by atoms with Gasteiger partial charge in [0.15, 0.2) is 5.78 Å². The average molecular weight is 193 g/mol. The highest BCUT2D eigenvalue weighted by Gasteiger charge is 2.51. The van der Waals surface area contributed by atoms with Crippen molar-refractivity contribution in [1.82, 2.24) is 0 Å². The number of hydrogen-bond acceptors (Lipinski definition) is 2. The Morgan fingerprint density at radius 1 is 1.25 bits per heavy atom. The third-order valence-electron chi connectivity index (χ3n) is 1.81. The molecule has 12 heavy (non-hydrogen) atoms. The second-order valence-corrected chi connectivity index (χ2v) is 4.34. The van der Waals surface area contributed by atoms with Gasteiger partial charge in [-0.25, -0.2) is 4.79 Å². The Labute approximate surface area is 76.7 Å². The SMILES string of the molecule is CC(=O)C(Cl)(C(=O)O)C(C)(C)C. The molecule has 0 saturated carbocycles. The number of carboxylic acid groups (broad SMARTS) is 1. The highest BCUT2D eigenvalue weighted by Crippen LogP contribution is 2.37. The van der Waals surface area contributed by atoms with Crippen LogP contribution in [0.5, 0.6) is 0 Å². The molecular formula is C8H13ClO3. The molecule has 0 spiro atoms. The van der Waals surface area contributed by atoms with Crippen LogP contribution < -0.4 is 0 Å². The Kier molecular flexibility index (Phi) is 2.91. The van der Waals surface area contributed by atoms with Crippen LogP contribution in [0.4, 0.5) is 0 Å². The van der Waals surface area contributed by atoms with E-state index in [9.17, 15) is 9.59 Å². The molecule has 0 amide bonds. The molecule has 0 aliphatic heterocycles. The molecule has 1 unspecified atom stereocenters. The van der Waals surface area contributed by atoms with Crippen molar-refractivity contribution in [1.29, 1.82) is 0 Å². The van der Waals surface area contributed by atoms with Crippen molar-refractivity contribution in [2.24, 2.45) is 5.41 Å². The van der Waals surface area contributed by atoms with Gasteiger partial charge in [-0.1, -0.05) is 32.4 Å². The summed E-state index contributed by atoms with van der Waals surface area (Å²) in [6.45, 7) is 6.05. The van der Waals surface area contributed by atoms with E-state index in [-0.39, 0.29) is 0 Å². The Bertz CT molecular complexity index is 201. The molecule has 70 valence electrons. The molecule has 1 atom stereocenters. The van der Waals surface area contributed by atoms with Gasteiger partial charge in [0.25, 0.3) is 0 Å². The third-order valence-corrected chi connectivity index (χ3v) is 2.81. The van der Waals surface area contributed by atoms with Crippen LogP contribution in [0, 0.1) is 5.41 Å². The zero-order chi connectivity index (χ0) is 10.2. The summed E-state index contributed by atoms with van der Waals surface area (Å²) in [5.74, 6) is -1.83. The monoisotopic (exact) mass is 192 g/mol. The molecule has 4 heteroatoms. The number of Topliss-reactive ketones (excluding diaryl/α,β-unsaturated/α-hetero) is 1. The lowest BCUT2D eigenvalue weighted by Crippen LogP contribution is -2.50. The highest BCUT2D eigenvalue weighted by atomic mass is 35.5. The van der Waals surface area contributed by atoms with Gasteiger partial charge in [-0.2, -0.15) is 0 Å². The van der Waals surface area contributed by atoms with Crippen molar-refractivity contribution in [3.63, 3.8) is 0 Å². The number of rotatable bonds is 2. The number of aliphatic carboxylic acids is 1. The van der Waals surface area contributed by atoms with Crippen LogP contribution in [0.1, 0.15) is 27.7 Å². The maximum Gasteiger partial charge on any atom is 0.333 e. The summed E-state index contributed by atoms with van der Waals surface area (Å²) in [6.07, 6.45) is 0. The fourth-order valence-corrected chi connectivity index (χ4v) is 0.999. The maximum absolute atomic E-state index is 11.0. The molecular weight excluding hydrogens is 180 g/mol. The lowest BCUT2D eigenvalue weighted by molar-refractivity contribution is -0.147. The second kappa shape index (κ2) is 3.05. The van der Waals surface area contributed by atoms with Gasteiger partial charge < -0.3 is 5.11 Å². The predicted molar refractivity (Wildman–Crippen MR) is 46.4 cm³/mol. The Balaban J connectivity index is 5.17. The zero-order valence-electron chi connectivity index (χ0n) is 7.64. The van der Waals surface area contributed by atoms with Crippen molar-refractivity contribution >= 4 is 23.4 Å². The summed E-state index contributed by atoms with van der Waals surface area (Å²) >= 11 is 5.74. The Hall–Kier alpha value is -0.570. The van der Waals surface area contributed by atoms with Crippen LogP contribution in [0.25, 0.3) is 0 Å². The lowest BCUT2D eigenvalue weighted by Gasteiger charge is -2.33. The van der Waals surface area contributed by atoms with Gasteiger partial charge in [0.05, 0.1) is 0 Å². The summed E-state index contributed by atoms with van der Waals surface area (Å²) in [5, 5.41) is 8.79. The van der Waals surface area contributed by atoms with Gasteiger partial charge in [0.2, 0.25) is 4.87 Å². The van der Waals surface area contributed by atoms with Gasteiger partial charge >= 0.3 is 5.97 Å². The number of carboxylic acids is 1. The second-order valence-electron chi connectivity index (χ2n) is 3.77. The van der Waals surface area contributed by atoms with E-state index >= 15 is 0 Å². The van der Waals surface area contributed by atoms with Gasteiger partial charge in [-0.3, -0.25) is 4.79 Å². The van der Waals surface area contributed by atoms with E-state index in [0.717, 1.165) is 0 Å². The number of carbonyl (C=O) groups is 2. The van der Waals surface area contributed by atoms with E-state index < -0.39 is 22.0 Å². The molecule has 0 aliphatic rings. The van der Waals surface area contributed by atoms with Crippen LogP contribution in [-0.4, -0.2) is 21.7 Å². The van der Waals surface area contributed by atoms with Crippen LogP contribution in [0.2, 0.25) is 0 Å². The Morgan fingerprint density at radius 2 is 1.58 bits per heavy atom. The summed E-state index contributed by atoms with van der Waals surface area (Å²) in [4.78, 5) is 20.0. The molecule has 0 aliphatic carbocycles. The molecule has 0 bridgehead atoms. The summed E-state index contributed by atoms with van der Waals surface area (Å²) in [6, 6.07) is 0. The quantitative estimate of drug-likeness (QED) is 0.535. The largest absolute Gasteiger partial charge is 0.480 e. The molecule has 0 fully saturated rings. The minimum absolute atomic E-state index is 0.538. The molecule has 0 radical (unpaired) electrons. The van der Waals surface area contributed by atoms with Crippen molar-refractivity contribution in [3.8, 4) is 0 Å². The highest BCUT2D eigenvalue weighted by molar-refractivity contribution is 6.45. The van der Waals surface area contributed by atoms with Crippen molar-refractivity contribution in [3.05, 3.63) is 0 Å². The van der Waals surface area contributed by atoms with E-state index in [0.29, 0.717) is 0 Å². The van der Waals surface area contributed by atoms with Gasteiger partial charge in [-0.15, -0.1) is 0 Å².